The van der Waals surface area contributed by atoms with Gasteiger partial charge in [0.25, 0.3) is 0 Å². The van der Waals surface area contributed by atoms with E-state index in [9.17, 15) is 10.2 Å². The number of aromatic hydroxyl groups is 2. The zero-order chi connectivity index (χ0) is 14.0. The molecule has 2 N–H and O–H groups in total. The maximum Gasteiger partial charge on any atom is 0.117 e. The summed E-state index contributed by atoms with van der Waals surface area (Å²) in [5, 5.41) is 19.6. The van der Waals surface area contributed by atoms with E-state index in [4.69, 9.17) is 23.2 Å². The highest BCUT2D eigenvalue weighted by Crippen LogP contribution is 2.36. The Labute approximate surface area is 129 Å². The van der Waals surface area contributed by atoms with Crippen LogP contribution in [0.15, 0.2) is 41.4 Å². The molecule has 0 aliphatic rings. The predicted molar refractivity (Wildman–Crippen MR) is 82.2 cm³/mol. The Morgan fingerprint density at radius 3 is 1.63 bits per heavy atom. The maximum atomic E-state index is 9.38. The number of hydrogen-bond acceptors (Lipinski definition) is 2. The summed E-state index contributed by atoms with van der Waals surface area (Å²) in [6.45, 7) is 0. The highest BCUT2D eigenvalue weighted by Gasteiger charge is 2.12. The SMILES string of the molecule is Oc1ccc(C(=CBr)c2ccc(O)cc2Cl)c(Cl)c1. The van der Waals surface area contributed by atoms with Gasteiger partial charge in [0.05, 0.1) is 10.0 Å². The largest absolute Gasteiger partial charge is 0.508 e. The van der Waals surface area contributed by atoms with Crippen LogP contribution in [-0.4, -0.2) is 10.2 Å². The molecule has 0 amide bonds. The van der Waals surface area contributed by atoms with E-state index in [0.717, 1.165) is 16.7 Å². The number of phenols is 2. The molecule has 19 heavy (non-hydrogen) atoms. The van der Waals surface area contributed by atoms with Gasteiger partial charge in [0.15, 0.2) is 0 Å². The molecule has 0 heterocycles. The number of benzene rings is 2. The standard InChI is InChI=1S/C14H9BrCl2O2/c15-7-12(10-3-1-8(18)5-13(10)16)11-4-2-9(19)6-14(11)17/h1-7,18-19H. The van der Waals surface area contributed by atoms with Crippen molar-refractivity contribution < 1.29 is 10.2 Å². The van der Waals surface area contributed by atoms with Gasteiger partial charge >= 0.3 is 0 Å². The first kappa shape index (κ1) is 14.3. The molecule has 0 aromatic heterocycles. The summed E-state index contributed by atoms with van der Waals surface area (Å²) in [7, 11) is 0. The first-order valence-electron chi connectivity index (χ1n) is 5.31. The second-order valence-electron chi connectivity index (χ2n) is 3.85. The number of hydrogen-bond donors (Lipinski definition) is 2. The first-order chi connectivity index (χ1) is 9.02. The molecule has 0 spiro atoms. The molecular weight excluding hydrogens is 351 g/mol. The van der Waals surface area contributed by atoms with Crippen molar-refractivity contribution >= 4 is 44.7 Å². The van der Waals surface area contributed by atoms with Crippen molar-refractivity contribution in [3.05, 3.63) is 62.6 Å². The highest BCUT2D eigenvalue weighted by atomic mass is 79.9. The summed E-state index contributed by atoms with van der Waals surface area (Å²) < 4.78 is 0. The van der Waals surface area contributed by atoms with Crippen LogP contribution in [0.5, 0.6) is 11.5 Å². The molecule has 0 aliphatic carbocycles. The third-order valence-electron chi connectivity index (χ3n) is 2.59. The van der Waals surface area contributed by atoms with E-state index >= 15 is 0 Å². The van der Waals surface area contributed by atoms with Crippen molar-refractivity contribution in [1.29, 1.82) is 0 Å². The lowest BCUT2D eigenvalue weighted by atomic mass is 9.99. The summed E-state index contributed by atoms with van der Waals surface area (Å²) in [6.07, 6.45) is 0. The Hall–Kier alpha value is -1.16. The normalized spacial score (nSPS) is 10.3. The lowest BCUT2D eigenvalue weighted by molar-refractivity contribution is 0.475. The molecule has 0 saturated carbocycles. The van der Waals surface area contributed by atoms with Crippen molar-refractivity contribution in [2.75, 3.05) is 0 Å². The minimum atomic E-state index is 0.0967. The summed E-state index contributed by atoms with van der Waals surface area (Å²) >= 11 is 15.5. The molecule has 2 aromatic carbocycles. The Morgan fingerprint density at radius 1 is 0.895 bits per heavy atom. The van der Waals surface area contributed by atoms with Gasteiger partial charge in [-0.2, -0.15) is 0 Å². The molecule has 2 aromatic rings. The van der Waals surface area contributed by atoms with E-state index in [1.54, 1.807) is 29.3 Å². The highest BCUT2D eigenvalue weighted by molar-refractivity contribution is 9.11. The lowest BCUT2D eigenvalue weighted by Gasteiger charge is -2.11. The minimum absolute atomic E-state index is 0.0967. The first-order valence-corrected chi connectivity index (χ1v) is 6.98. The van der Waals surface area contributed by atoms with E-state index in [-0.39, 0.29) is 11.5 Å². The number of halogens is 3. The van der Waals surface area contributed by atoms with Crippen LogP contribution in [0.1, 0.15) is 11.1 Å². The Kier molecular flexibility index (Phi) is 4.40. The molecule has 0 fully saturated rings. The molecule has 0 saturated heterocycles. The zero-order valence-electron chi connectivity index (χ0n) is 9.57. The Bertz CT molecular complexity index is 600. The topological polar surface area (TPSA) is 40.5 Å². The van der Waals surface area contributed by atoms with Crippen LogP contribution in [0.3, 0.4) is 0 Å². The van der Waals surface area contributed by atoms with Crippen LogP contribution in [0.25, 0.3) is 5.57 Å². The van der Waals surface area contributed by atoms with Crippen LogP contribution in [0.4, 0.5) is 0 Å². The Balaban J connectivity index is 2.57. The summed E-state index contributed by atoms with van der Waals surface area (Å²) in [4.78, 5) is 1.70. The summed E-state index contributed by atoms with van der Waals surface area (Å²) in [6, 6.07) is 9.42. The fourth-order valence-electron chi connectivity index (χ4n) is 1.71. The van der Waals surface area contributed by atoms with Gasteiger partial charge in [-0.1, -0.05) is 39.1 Å². The van der Waals surface area contributed by atoms with E-state index in [1.807, 2.05) is 0 Å². The lowest BCUT2D eigenvalue weighted by Crippen LogP contribution is -1.90. The van der Waals surface area contributed by atoms with Gasteiger partial charge in [0.2, 0.25) is 0 Å². The van der Waals surface area contributed by atoms with Gasteiger partial charge in [-0.05, 0) is 47.0 Å². The van der Waals surface area contributed by atoms with Gasteiger partial charge in [-0.25, -0.2) is 0 Å². The molecule has 0 aliphatic heterocycles. The second-order valence-corrected chi connectivity index (χ2v) is 5.12. The van der Waals surface area contributed by atoms with Crippen LogP contribution >= 0.6 is 39.1 Å². The van der Waals surface area contributed by atoms with Crippen molar-refractivity contribution in [2.24, 2.45) is 0 Å². The molecule has 0 unspecified atom stereocenters. The molecule has 0 atom stereocenters. The molecular formula is C14H9BrCl2O2. The molecule has 98 valence electrons. The average Bonchev–Trinajstić information content (AvgIpc) is 2.34. The van der Waals surface area contributed by atoms with Crippen molar-refractivity contribution in [3.8, 4) is 11.5 Å². The third-order valence-corrected chi connectivity index (χ3v) is 3.68. The van der Waals surface area contributed by atoms with Gasteiger partial charge in [0.1, 0.15) is 11.5 Å². The molecule has 5 heteroatoms. The maximum absolute atomic E-state index is 9.38. The average molecular weight is 360 g/mol. The van der Waals surface area contributed by atoms with Crippen molar-refractivity contribution in [1.82, 2.24) is 0 Å². The van der Waals surface area contributed by atoms with E-state index in [2.05, 4.69) is 15.9 Å². The minimum Gasteiger partial charge on any atom is -0.508 e. The Morgan fingerprint density at radius 2 is 1.32 bits per heavy atom. The fourth-order valence-corrected chi connectivity index (χ4v) is 2.75. The van der Waals surface area contributed by atoms with Crippen LogP contribution in [-0.2, 0) is 0 Å². The van der Waals surface area contributed by atoms with E-state index in [0.29, 0.717) is 10.0 Å². The summed E-state index contributed by atoms with van der Waals surface area (Å²) in [5.74, 6) is 0.193. The summed E-state index contributed by atoms with van der Waals surface area (Å²) in [5.41, 5.74) is 2.21. The number of rotatable bonds is 2. The van der Waals surface area contributed by atoms with Gasteiger partial charge in [-0.15, -0.1) is 0 Å². The van der Waals surface area contributed by atoms with E-state index < -0.39 is 0 Å². The van der Waals surface area contributed by atoms with Crippen LogP contribution in [0.2, 0.25) is 10.0 Å². The monoisotopic (exact) mass is 358 g/mol. The van der Waals surface area contributed by atoms with Crippen LogP contribution in [0, 0.1) is 0 Å². The fraction of sp³-hybridized carbons (Fsp3) is 0. The van der Waals surface area contributed by atoms with Gasteiger partial charge in [0, 0.05) is 11.1 Å². The third kappa shape index (κ3) is 3.06. The predicted octanol–water partition coefficient (Wildman–Crippen LogP) is 5.19. The van der Waals surface area contributed by atoms with E-state index in [1.165, 1.54) is 12.1 Å². The zero-order valence-corrected chi connectivity index (χ0v) is 12.7. The van der Waals surface area contributed by atoms with Gasteiger partial charge in [-0.3, -0.25) is 0 Å². The smallest absolute Gasteiger partial charge is 0.117 e. The van der Waals surface area contributed by atoms with Crippen LogP contribution < -0.4 is 0 Å². The molecule has 2 nitrogen and oxygen atoms in total. The quantitative estimate of drug-likeness (QED) is 0.774. The molecule has 0 bridgehead atoms. The second kappa shape index (κ2) is 5.87. The van der Waals surface area contributed by atoms with Gasteiger partial charge < -0.3 is 10.2 Å². The molecule has 2 rings (SSSR count). The van der Waals surface area contributed by atoms with Crippen molar-refractivity contribution in [3.63, 3.8) is 0 Å². The molecule has 0 radical (unpaired) electrons. The van der Waals surface area contributed by atoms with Crippen molar-refractivity contribution in [2.45, 2.75) is 0 Å². The number of phenolic OH excluding ortho intramolecular Hbond substituents is 2.